The summed E-state index contributed by atoms with van der Waals surface area (Å²) in [4.78, 5) is 11.0. The molecule has 5 nitrogen and oxygen atoms in total. The molecule has 0 bridgehead atoms. The van der Waals surface area contributed by atoms with Crippen molar-refractivity contribution in [2.24, 2.45) is 11.1 Å². The third-order valence-corrected chi connectivity index (χ3v) is 3.77. The van der Waals surface area contributed by atoms with E-state index in [9.17, 15) is 13.2 Å². The van der Waals surface area contributed by atoms with Gasteiger partial charge in [-0.05, 0) is 20.3 Å². The summed E-state index contributed by atoms with van der Waals surface area (Å²) in [6, 6.07) is 0. The lowest BCUT2D eigenvalue weighted by molar-refractivity contribution is -0.126. The molecule has 0 aromatic rings. The van der Waals surface area contributed by atoms with Crippen LogP contribution in [0, 0.1) is 5.41 Å². The molecule has 0 aliphatic rings. The third-order valence-electron chi connectivity index (χ3n) is 2.23. The van der Waals surface area contributed by atoms with Crippen molar-refractivity contribution in [3.63, 3.8) is 0 Å². The van der Waals surface area contributed by atoms with Crippen molar-refractivity contribution in [3.8, 4) is 0 Å². The Hall–Kier alpha value is -0.620. The molecule has 6 heteroatoms. The fourth-order valence-corrected chi connectivity index (χ4v) is 1.79. The molecule has 0 aromatic carbocycles. The Morgan fingerprint density at radius 3 is 1.86 bits per heavy atom. The summed E-state index contributed by atoms with van der Waals surface area (Å²) < 4.78 is 29.5. The highest BCUT2D eigenvalue weighted by molar-refractivity contribution is 7.87. The van der Waals surface area contributed by atoms with Gasteiger partial charge in [0.05, 0.1) is 4.75 Å². The van der Waals surface area contributed by atoms with Crippen molar-refractivity contribution in [1.29, 1.82) is 0 Å². The lowest BCUT2D eigenvalue weighted by Gasteiger charge is -2.30. The van der Waals surface area contributed by atoms with Gasteiger partial charge in [0, 0.05) is 5.41 Å². The average Bonchev–Trinajstić information content (AvgIpc) is 1.80. The summed E-state index contributed by atoms with van der Waals surface area (Å²) in [5, 5.41) is 0. The number of nitrogens with two attached hydrogens (primary N) is 1. The third kappa shape index (κ3) is 2.95. The topological polar surface area (TPSA) is 97.5 Å². The first kappa shape index (κ1) is 13.4. The molecule has 0 saturated heterocycles. The number of amides is 1. The van der Waals surface area contributed by atoms with Crippen LogP contribution in [0.3, 0.4) is 0 Å². The van der Waals surface area contributed by atoms with Crippen molar-refractivity contribution in [2.75, 3.05) is 0 Å². The molecule has 0 aromatic heterocycles. The summed E-state index contributed by atoms with van der Waals surface area (Å²) in [5.41, 5.74) is 4.15. The number of carbonyl (C=O) groups excluding carboxylic acids is 1. The van der Waals surface area contributed by atoms with Gasteiger partial charge in [-0.1, -0.05) is 13.8 Å². The van der Waals surface area contributed by atoms with E-state index < -0.39 is 26.2 Å². The number of carbonyl (C=O) groups is 1. The standard InChI is InChI=1S/C8H17NO4S/c1-7(2,6(9)10)5-8(3,4)14(11,12)13/h5H2,1-4H3,(H2,9,10)(H,11,12,13). The van der Waals surface area contributed by atoms with E-state index in [0.717, 1.165) is 0 Å². The van der Waals surface area contributed by atoms with Gasteiger partial charge in [-0.15, -0.1) is 0 Å². The van der Waals surface area contributed by atoms with Gasteiger partial charge in [-0.3, -0.25) is 9.35 Å². The van der Waals surface area contributed by atoms with E-state index in [1.54, 1.807) is 13.8 Å². The Balaban J connectivity index is 4.95. The van der Waals surface area contributed by atoms with E-state index in [2.05, 4.69) is 0 Å². The van der Waals surface area contributed by atoms with Crippen molar-refractivity contribution in [2.45, 2.75) is 38.9 Å². The molecule has 0 fully saturated rings. The van der Waals surface area contributed by atoms with E-state index in [4.69, 9.17) is 10.3 Å². The van der Waals surface area contributed by atoms with E-state index >= 15 is 0 Å². The minimum Gasteiger partial charge on any atom is -0.369 e. The van der Waals surface area contributed by atoms with Gasteiger partial charge < -0.3 is 5.73 Å². The quantitative estimate of drug-likeness (QED) is 0.680. The highest BCUT2D eigenvalue weighted by atomic mass is 32.2. The Bertz CT molecular complexity index is 329. The second kappa shape index (κ2) is 3.51. The van der Waals surface area contributed by atoms with Crippen LogP contribution >= 0.6 is 0 Å². The second-order valence-corrected chi connectivity index (χ2v) is 6.71. The number of primary amides is 1. The van der Waals surface area contributed by atoms with Crippen molar-refractivity contribution >= 4 is 16.0 Å². The molecule has 0 saturated carbocycles. The Morgan fingerprint density at radius 1 is 1.29 bits per heavy atom. The van der Waals surface area contributed by atoms with Crippen LogP contribution in [0.2, 0.25) is 0 Å². The highest BCUT2D eigenvalue weighted by Gasteiger charge is 2.40. The fraction of sp³-hybridized carbons (Fsp3) is 0.875. The summed E-state index contributed by atoms with van der Waals surface area (Å²) >= 11 is 0. The summed E-state index contributed by atoms with van der Waals surface area (Å²) in [7, 11) is -4.18. The molecule has 0 heterocycles. The predicted molar refractivity (Wildman–Crippen MR) is 53.2 cm³/mol. The molecule has 14 heavy (non-hydrogen) atoms. The van der Waals surface area contributed by atoms with Gasteiger partial charge in [0.2, 0.25) is 5.91 Å². The van der Waals surface area contributed by atoms with Gasteiger partial charge in [0.25, 0.3) is 10.1 Å². The molecule has 0 unspecified atom stereocenters. The monoisotopic (exact) mass is 223 g/mol. The highest BCUT2D eigenvalue weighted by Crippen LogP contribution is 2.32. The van der Waals surface area contributed by atoms with Crippen LogP contribution in [0.4, 0.5) is 0 Å². The summed E-state index contributed by atoms with van der Waals surface area (Å²) in [5.74, 6) is -0.589. The minimum atomic E-state index is -4.18. The first-order valence-electron chi connectivity index (χ1n) is 4.17. The summed E-state index contributed by atoms with van der Waals surface area (Å²) in [6.07, 6.45) is -0.0197. The normalized spacial score (nSPS) is 14.1. The lowest BCUT2D eigenvalue weighted by Crippen LogP contribution is -2.42. The largest absolute Gasteiger partial charge is 0.369 e. The van der Waals surface area contributed by atoms with Gasteiger partial charge in [0.1, 0.15) is 0 Å². The van der Waals surface area contributed by atoms with E-state index in [-0.39, 0.29) is 6.42 Å². The maximum absolute atomic E-state index is 11.0. The molecule has 0 radical (unpaired) electrons. The fourth-order valence-electron chi connectivity index (χ4n) is 1.24. The Labute approximate surface area is 84.4 Å². The number of hydrogen-bond donors (Lipinski definition) is 2. The van der Waals surface area contributed by atoms with Gasteiger partial charge in [-0.2, -0.15) is 8.42 Å². The van der Waals surface area contributed by atoms with Gasteiger partial charge >= 0.3 is 0 Å². The Kier molecular flexibility index (Phi) is 3.35. The maximum Gasteiger partial charge on any atom is 0.270 e. The molecule has 0 spiro atoms. The predicted octanol–water partition coefficient (Wildman–Crippen LogP) is 0.554. The minimum absolute atomic E-state index is 0.0197. The number of hydrogen-bond acceptors (Lipinski definition) is 3. The van der Waals surface area contributed by atoms with Crippen LogP contribution in [-0.2, 0) is 14.9 Å². The molecule has 3 N–H and O–H groups in total. The van der Waals surface area contributed by atoms with E-state index in [1.807, 2.05) is 0 Å². The van der Waals surface area contributed by atoms with Crippen LogP contribution < -0.4 is 5.73 Å². The van der Waals surface area contributed by atoms with E-state index in [0.29, 0.717) is 0 Å². The molecule has 0 aliphatic heterocycles. The SMILES string of the molecule is CC(C)(CC(C)(C)S(=O)(=O)O)C(N)=O. The average molecular weight is 223 g/mol. The zero-order chi connectivity index (χ0) is 11.8. The molecule has 1 amide bonds. The molecule has 0 rings (SSSR count). The van der Waals surface area contributed by atoms with Gasteiger partial charge in [-0.25, -0.2) is 0 Å². The van der Waals surface area contributed by atoms with E-state index in [1.165, 1.54) is 13.8 Å². The van der Waals surface area contributed by atoms with Crippen LogP contribution in [-0.4, -0.2) is 23.6 Å². The molecule has 84 valence electrons. The van der Waals surface area contributed by atoms with Gasteiger partial charge in [0.15, 0.2) is 0 Å². The first-order chi connectivity index (χ1) is 5.90. The number of rotatable bonds is 4. The second-order valence-electron chi connectivity index (χ2n) is 4.66. The van der Waals surface area contributed by atoms with Crippen LogP contribution in [0.25, 0.3) is 0 Å². The molecule has 0 atom stereocenters. The summed E-state index contributed by atoms with van der Waals surface area (Å²) in [6.45, 7) is 5.80. The van der Waals surface area contributed by atoms with Crippen LogP contribution in [0.1, 0.15) is 34.1 Å². The molecular formula is C8H17NO4S. The molecule has 0 aliphatic carbocycles. The van der Waals surface area contributed by atoms with Crippen molar-refractivity contribution < 1.29 is 17.8 Å². The zero-order valence-corrected chi connectivity index (χ0v) is 9.68. The van der Waals surface area contributed by atoms with Crippen LogP contribution in [0.5, 0.6) is 0 Å². The molecular weight excluding hydrogens is 206 g/mol. The van der Waals surface area contributed by atoms with Crippen LogP contribution in [0.15, 0.2) is 0 Å². The lowest BCUT2D eigenvalue weighted by atomic mass is 9.83. The Morgan fingerprint density at radius 2 is 1.64 bits per heavy atom. The van der Waals surface area contributed by atoms with Crippen molar-refractivity contribution in [1.82, 2.24) is 0 Å². The van der Waals surface area contributed by atoms with Crippen molar-refractivity contribution in [3.05, 3.63) is 0 Å². The zero-order valence-electron chi connectivity index (χ0n) is 8.86. The smallest absolute Gasteiger partial charge is 0.270 e. The first-order valence-corrected chi connectivity index (χ1v) is 5.61. The maximum atomic E-state index is 11.0.